The second kappa shape index (κ2) is 8.06. The molecule has 0 spiro atoms. The molecule has 7 heteroatoms. The number of piperidine rings is 1. The third kappa shape index (κ3) is 4.10. The minimum Gasteiger partial charge on any atom is -0.339 e. The fraction of sp³-hybridized carbons (Fsp3) is 0.632. The van der Waals surface area contributed by atoms with Crippen molar-refractivity contribution in [3.05, 3.63) is 29.8 Å². The first kappa shape index (κ1) is 19.3. The monoisotopic (exact) mass is 379 g/mol. The van der Waals surface area contributed by atoms with Crippen LogP contribution in [-0.2, 0) is 10.0 Å². The third-order valence-electron chi connectivity index (χ3n) is 5.58. The van der Waals surface area contributed by atoms with Crippen LogP contribution in [0.25, 0.3) is 0 Å². The van der Waals surface area contributed by atoms with Gasteiger partial charge in [0.25, 0.3) is 5.91 Å². The van der Waals surface area contributed by atoms with Gasteiger partial charge >= 0.3 is 0 Å². The maximum Gasteiger partial charge on any atom is 0.253 e. The van der Waals surface area contributed by atoms with Crippen LogP contribution in [0.5, 0.6) is 0 Å². The summed E-state index contributed by atoms with van der Waals surface area (Å²) in [5.74, 6) is -0.0851. The maximum absolute atomic E-state index is 12.9. The molecule has 0 unspecified atom stereocenters. The maximum atomic E-state index is 12.9. The fourth-order valence-corrected chi connectivity index (χ4v) is 4.76. The Kier molecular flexibility index (Phi) is 5.99. The van der Waals surface area contributed by atoms with Crippen molar-refractivity contribution >= 4 is 15.9 Å². The molecule has 6 nitrogen and oxygen atoms in total. The summed E-state index contributed by atoms with van der Waals surface area (Å²) in [7, 11) is -1.97. The van der Waals surface area contributed by atoms with Crippen molar-refractivity contribution in [1.82, 2.24) is 14.1 Å². The second-order valence-electron chi connectivity index (χ2n) is 7.38. The number of carbonyl (C=O) groups excluding carboxylic acids is 1. The van der Waals surface area contributed by atoms with Gasteiger partial charge in [-0.3, -0.25) is 9.69 Å². The van der Waals surface area contributed by atoms with Crippen molar-refractivity contribution in [1.29, 1.82) is 0 Å². The van der Waals surface area contributed by atoms with E-state index in [9.17, 15) is 13.2 Å². The molecule has 0 bridgehead atoms. The van der Waals surface area contributed by atoms with Gasteiger partial charge in [-0.1, -0.05) is 12.5 Å². The average Bonchev–Trinajstić information content (AvgIpc) is 2.59. The summed E-state index contributed by atoms with van der Waals surface area (Å²) in [5, 5.41) is 0. The van der Waals surface area contributed by atoms with Crippen molar-refractivity contribution in [2.45, 2.75) is 43.5 Å². The van der Waals surface area contributed by atoms with Gasteiger partial charge in [0, 0.05) is 44.8 Å². The Hall–Kier alpha value is -1.44. The van der Waals surface area contributed by atoms with Crippen LogP contribution in [0.3, 0.4) is 0 Å². The number of likely N-dealkylation sites (N-methyl/N-ethyl adjacent to an activating group) is 1. The quantitative estimate of drug-likeness (QED) is 0.759. The Bertz CT molecular complexity index is 746. The molecule has 0 radical (unpaired) electrons. The Morgan fingerprint density at radius 3 is 2.62 bits per heavy atom. The topological polar surface area (TPSA) is 60.9 Å². The lowest BCUT2D eigenvalue weighted by atomic mass is 10.0. The zero-order valence-electron chi connectivity index (χ0n) is 15.7. The summed E-state index contributed by atoms with van der Waals surface area (Å²) in [6, 6.07) is 6.94. The smallest absolute Gasteiger partial charge is 0.253 e. The van der Waals surface area contributed by atoms with E-state index in [1.165, 1.54) is 29.6 Å². The summed E-state index contributed by atoms with van der Waals surface area (Å²) in [4.78, 5) is 16.7. The largest absolute Gasteiger partial charge is 0.339 e. The molecule has 26 heavy (non-hydrogen) atoms. The molecule has 2 saturated heterocycles. The fourth-order valence-electron chi connectivity index (χ4n) is 3.55. The average molecular weight is 380 g/mol. The van der Waals surface area contributed by atoms with Gasteiger partial charge in [-0.2, -0.15) is 4.31 Å². The molecule has 0 saturated carbocycles. The van der Waals surface area contributed by atoms with Crippen LogP contribution in [0.15, 0.2) is 29.2 Å². The van der Waals surface area contributed by atoms with Crippen LogP contribution < -0.4 is 0 Å². The van der Waals surface area contributed by atoms with Crippen LogP contribution in [0.1, 0.15) is 43.0 Å². The minimum atomic E-state index is -3.59. The molecule has 2 aliphatic heterocycles. The first-order chi connectivity index (χ1) is 12.4. The number of rotatable bonds is 6. The Labute approximate surface area is 156 Å². The lowest BCUT2D eigenvalue weighted by Crippen LogP contribution is -2.43. The number of carbonyl (C=O) groups is 1. The molecular formula is C19H29N3O3S. The van der Waals surface area contributed by atoms with Gasteiger partial charge in [-0.25, -0.2) is 8.42 Å². The number of benzene rings is 1. The van der Waals surface area contributed by atoms with Crippen molar-refractivity contribution in [3.63, 3.8) is 0 Å². The number of likely N-dealkylation sites (tertiary alicyclic amines) is 2. The second-order valence-corrected chi connectivity index (χ2v) is 9.43. The van der Waals surface area contributed by atoms with Crippen LogP contribution in [0.4, 0.5) is 0 Å². The lowest BCUT2D eigenvalue weighted by Gasteiger charge is -2.34. The first-order valence-electron chi connectivity index (χ1n) is 9.49. The van der Waals surface area contributed by atoms with E-state index in [1.807, 2.05) is 0 Å². The zero-order valence-corrected chi connectivity index (χ0v) is 16.5. The van der Waals surface area contributed by atoms with Gasteiger partial charge in [0.1, 0.15) is 0 Å². The Morgan fingerprint density at radius 1 is 1.19 bits per heavy atom. The summed E-state index contributed by atoms with van der Waals surface area (Å²) >= 11 is 0. The first-order valence-corrected chi connectivity index (χ1v) is 10.9. The zero-order chi connectivity index (χ0) is 18.7. The van der Waals surface area contributed by atoms with Gasteiger partial charge in [0.2, 0.25) is 10.0 Å². The Balaban J connectivity index is 1.67. The molecule has 0 aliphatic carbocycles. The summed E-state index contributed by atoms with van der Waals surface area (Å²) in [6.45, 7) is 5.95. The third-order valence-corrected chi connectivity index (χ3v) is 7.43. The predicted molar refractivity (Wildman–Crippen MR) is 102 cm³/mol. The highest BCUT2D eigenvalue weighted by Gasteiger charge is 2.26. The number of sulfonamides is 1. The molecule has 1 amide bonds. The number of hydrogen-bond acceptors (Lipinski definition) is 4. The van der Waals surface area contributed by atoms with E-state index in [-0.39, 0.29) is 10.8 Å². The van der Waals surface area contributed by atoms with E-state index in [2.05, 4.69) is 11.8 Å². The van der Waals surface area contributed by atoms with E-state index in [0.717, 1.165) is 32.6 Å². The van der Waals surface area contributed by atoms with E-state index >= 15 is 0 Å². The van der Waals surface area contributed by atoms with Gasteiger partial charge in [0.05, 0.1) is 4.90 Å². The molecule has 1 aromatic carbocycles. The minimum absolute atomic E-state index is 0.0851. The molecule has 2 fully saturated rings. The van der Waals surface area contributed by atoms with Gasteiger partial charge in [-0.05, 0) is 50.9 Å². The Morgan fingerprint density at radius 2 is 1.96 bits per heavy atom. The van der Waals surface area contributed by atoms with Crippen molar-refractivity contribution < 1.29 is 13.2 Å². The predicted octanol–water partition coefficient (Wildman–Crippen LogP) is 2.03. The molecule has 3 rings (SSSR count). The van der Waals surface area contributed by atoms with E-state index in [4.69, 9.17) is 0 Å². The SMILES string of the molecule is C[C@H]1CCCCN1CCN(C)S(=O)(=O)c1cccc(C(=O)N2CCC2)c1. The summed E-state index contributed by atoms with van der Waals surface area (Å²) in [6.07, 6.45) is 4.63. The van der Waals surface area contributed by atoms with E-state index < -0.39 is 10.0 Å². The van der Waals surface area contributed by atoms with Crippen LogP contribution in [0.2, 0.25) is 0 Å². The molecule has 1 atom stereocenters. The highest BCUT2D eigenvalue weighted by molar-refractivity contribution is 7.89. The molecule has 144 valence electrons. The highest BCUT2D eigenvalue weighted by atomic mass is 32.2. The van der Waals surface area contributed by atoms with Crippen LogP contribution in [-0.4, -0.2) is 74.2 Å². The van der Waals surface area contributed by atoms with Crippen LogP contribution in [0, 0.1) is 0 Å². The molecule has 0 aromatic heterocycles. The van der Waals surface area contributed by atoms with Crippen molar-refractivity contribution in [2.75, 3.05) is 39.8 Å². The van der Waals surface area contributed by atoms with Gasteiger partial charge in [0.15, 0.2) is 0 Å². The summed E-state index contributed by atoms with van der Waals surface area (Å²) in [5.41, 5.74) is 0.448. The molecule has 2 aliphatic rings. The normalized spacial score (nSPS) is 21.7. The number of nitrogens with zero attached hydrogens (tertiary/aromatic N) is 3. The van der Waals surface area contributed by atoms with Gasteiger partial charge in [-0.15, -0.1) is 0 Å². The van der Waals surface area contributed by atoms with Crippen LogP contribution >= 0.6 is 0 Å². The molecular weight excluding hydrogens is 350 g/mol. The standard InChI is InChI=1S/C19H29N3O3S/c1-16-7-3-4-10-21(16)14-13-20(2)26(24,25)18-9-5-8-17(15-18)19(23)22-11-6-12-22/h5,8-9,15-16H,3-4,6-7,10-14H2,1-2H3/t16-/m0/s1. The van der Waals surface area contributed by atoms with Crippen molar-refractivity contribution in [3.8, 4) is 0 Å². The molecule has 1 aromatic rings. The van der Waals surface area contributed by atoms with Gasteiger partial charge < -0.3 is 4.90 Å². The lowest BCUT2D eigenvalue weighted by molar-refractivity contribution is 0.0651. The summed E-state index contributed by atoms with van der Waals surface area (Å²) < 4.78 is 27.2. The highest BCUT2D eigenvalue weighted by Crippen LogP contribution is 2.20. The van der Waals surface area contributed by atoms with E-state index in [0.29, 0.717) is 18.2 Å². The number of amides is 1. The van der Waals surface area contributed by atoms with E-state index in [1.54, 1.807) is 30.1 Å². The molecule has 0 N–H and O–H groups in total. The molecule has 2 heterocycles. The van der Waals surface area contributed by atoms with Crippen molar-refractivity contribution in [2.24, 2.45) is 0 Å². The number of hydrogen-bond donors (Lipinski definition) is 0.